The van der Waals surface area contributed by atoms with Crippen LogP contribution in [0, 0.1) is 0 Å². The summed E-state index contributed by atoms with van der Waals surface area (Å²) in [6.07, 6.45) is 1.58. The molecule has 0 saturated carbocycles. The lowest BCUT2D eigenvalue weighted by molar-refractivity contribution is 0.0600. The highest BCUT2D eigenvalue weighted by Gasteiger charge is 2.10. The van der Waals surface area contributed by atoms with Gasteiger partial charge in [0.05, 0.1) is 12.7 Å². The van der Waals surface area contributed by atoms with E-state index in [2.05, 4.69) is 46.3 Å². The van der Waals surface area contributed by atoms with E-state index >= 15 is 0 Å². The molecule has 0 aliphatic carbocycles. The number of amides is 1. The number of methoxy groups -OCH3 is 1. The first-order chi connectivity index (χ1) is 14.0. The van der Waals surface area contributed by atoms with Gasteiger partial charge in [0.25, 0.3) is 5.91 Å². The number of carbonyl (C=O) groups excluding carboxylic acids is 2. The van der Waals surface area contributed by atoms with Crippen molar-refractivity contribution in [1.82, 2.24) is 4.98 Å². The zero-order chi connectivity index (χ0) is 20.8. The largest absolute Gasteiger partial charge is 0.465 e. The van der Waals surface area contributed by atoms with Crippen molar-refractivity contribution < 1.29 is 14.3 Å². The Morgan fingerprint density at radius 2 is 1.55 bits per heavy atom. The van der Waals surface area contributed by atoms with Gasteiger partial charge in [-0.05, 0) is 60.0 Å². The van der Waals surface area contributed by atoms with Gasteiger partial charge in [-0.1, -0.05) is 26.0 Å². The summed E-state index contributed by atoms with van der Waals surface area (Å²) in [4.78, 5) is 28.3. The number of ether oxygens (including phenoxy) is 1. The van der Waals surface area contributed by atoms with Crippen molar-refractivity contribution in [2.24, 2.45) is 0 Å². The quantitative estimate of drug-likeness (QED) is 0.581. The van der Waals surface area contributed by atoms with Crippen molar-refractivity contribution in [3.8, 4) is 0 Å². The maximum absolute atomic E-state index is 12.6. The average Bonchev–Trinajstić information content (AvgIpc) is 2.74. The SMILES string of the molecule is COC(=O)c1ccc(NC(=O)c2ccnc(Nc3ccc(C(C)C)cc3)c2)cc1. The fourth-order valence-electron chi connectivity index (χ4n) is 2.75. The number of benzene rings is 2. The predicted octanol–water partition coefficient (Wildman–Crippen LogP) is 4.99. The van der Waals surface area contributed by atoms with E-state index in [9.17, 15) is 9.59 Å². The molecule has 0 spiro atoms. The first-order valence-electron chi connectivity index (χ1n) is 9.29. The van der Waals surface area contributed by atoms with Gasteiger partial charge >= 0.3 is 5.97 Å². The van der Waals surface area contributed by atoms with Crippen LogP contribution in [-0.2, 0) is 4.74 Å². The number of carbonyl (C=O) groups is 2. The summed E-state index contributed by atoms with van der Waals surface area (Å²) < 4.78 is 4.67. The Bertz CT molecular complexity index is 997. The van der Waals surface area contributed by atoms with Crippen LogP contribution in [0.25, 0.3) is 0 Å². The summed E-state index contributed by atoms with van der Waals surface area (Å²) in [5.74, 6) is 0.359. The minimum atomic E-state index is -0.422. The highest BCUT2D eigenvalue weighted by atomic mass is 16.5. The number of esters is 1. The number of anilines is 3. The molecule has 6 nitrogen and oxygen atoms in total. The second-order valence-corrected chi connectivity index (χ2v) is 6.85. The molecule has 2 aromatic carbocycles. The Morgan fingerprint density at radius 3 is 2.17 bits per heavy atom. The van der Waals surface area contributed by atoms with Crippen LogP contribution in [0.4, 0.5) is 17.2 Å². The van der Waals surface area contributed by atoms with Crippen LogP contribution in [-0.4, -0.2) is 24.0 Å². The van der Waals surface area contributed by atoms with Gasteiger partial charge in [-0.15, -0.1) is 0 Å². The molecule has 6 heteroatoms. The molecular weight excluding hydrogens is 366 g/mol. The van der Waals surface area contributed by atoms with Crippen molar-refractivity contribution in [3.05, 3.63) is 83.6 Å². The zero-order valence-corrected chi connectivity index (χ0v) is 16.6. The van der Waals surface area contributed by atoms with Crippen LogP contribution in [0.3, 0.4) is 0 Å². The molecule has 0 radical (unpaired) electrons. The minimum Gasteiger partial charge on any atom is -0.465 e. The van der Waals surface area contributed by atoms with E-state index in [4.69, 9.17) is 0 Å². The first kappa shape index (κ1) is 20.1. The van der Waals surface area contributed by atoms with Gasteiger partial charge in [-0.25, -0.2) is 9.78 Å². The Kier molecular flexibility index (Phi) is 6.24. The minimum absolute atomic E-state index is 0.267. The van der Waals surface area contributed by atoms with E-state index in [1.165, 1.54) is 12.7 Å². The molecule has 3 rings (SSSR count). The molecule has 0 fully saturated rings. The zero-order valence-electron chi connectivity index (χ0n) is 16.6. The molecule has 2 N–H and O–H groups in total. The van der Waals surface area contributed by atoms with Crippen LogP contribution in [0.1, 0.15) is 46.0 Å². The summed E-state index contributed by atoms with van der Waals surface area (Å²) in [7, 11) is 1.33. The number of aromatic nitrogens is 1. The Morgan fingerprint density at radius 1 is 0.897 bits per heavy atom. The van der Waals surface area contributed by atoms with E-state index in [1.54, 1.807) is 42.6 Å². The average molecular weight is 389 g/mol. The van der Waals surface area contributed by atoms with Crippen molar-refractivity contribution >= 4 is 29.1 Å². The standard InChI is InChI=1S/C23H23N3O3/c1-15(2)16-4-8-19(9-5-16)25-21-14-18(12-13-24-21)22(27)26-20-10-6-17(7-11-20)23(28)29-3/h4-15H,1-3H3,(H,24,25)(H,26,27). The Labute approximate surface area is 169 Å². The number of hydrogen-bond donors (Lipinski definition) is 2. The molecule has 1 aromatic heterocycles. The lowest BCUT2D eigenvalue weighted by atomic mass is 10.0. The van der Waals surface area contributed by atoms with Crippen molar-refractivity contribution in [2.75, 3.05) is 17.7 Å². The smallest absolute Gasteiger partial charge is 0.337 e. The van der Waals surface area contributed by atoms with Gasteiger partial charge < -0.3 is 15.4 Å². The number of rotatable bonds is 6. The molecule has 0 unspecified atom stereocenters. The maximum atomic E-state index is 12.6. The monoisotopic (exact) mass is 389 g/mol. The molecule has 0 aliphatic rings. The van der Waals surface area contributed by atoms with E-state index in [1.807, 2.05) is 12.1 Å². The third kappa shape index (κ3) is 5.19. The van der Waals surface area contributed by atoms with E-state index in [0.717, 1.165) is 5.69 Å². The molecule has 1 amide bonds. The molecule has 29 heavy (non-hydrogen) atoms. The summed E-state index contributed by atoms with van der Waals surface area (Å²) in [5.41, 5.74) is 3.63. The highest BCUT2D eigenvalue weighted by molar-refractivity contribution is 6.04. The van der Waals surface area contributed by atoms with Gasteiger partial charge in [0.15, 0.2) is 0 Å². The van der Waals surface area contributed by atoms with Crippen molar-refractivity contribution in [2.45, 2.75) is 19.8 Å². The summed E-state index contributed by atoms with van der Waals surface area (Å²) >= 11 is 0. The fraction of sp³-hybridized carbons (Fsp3) is 0.174. The molecule has 148 valence electrons. The van der Waals surface area contributed by atoms with Crippen molar-refractivity contribution in [1.29, 1.82) is 0 Å². The van der Waals surface area contributed by atoms with Gasteiger partial charge in [-0.2, -0.15) is 0 Å². The third-order valence-corrected chi connectivity index (χ3v) is 4.44. The van der Waals surface area contributed by atoms with E-state index in [-0.39, 0.29) is 5.91 Å². The maximum Gasteiger partial charge on any atom is 0.337 e. The van der Waals surface area contributed by atoms with Crippen molar-refractivity contribution in [3.63, 3.8) is 0 Å². The van der Waals surface area contributed by atoms with Crippen LogP contribution < -0.4 is 10.6 Å². The molecule has 1 heterocycles. The van der Waals surface area contributed by atoms with Crippen LogP contribution >= 0.6 is 0 Å². The molecule has 3 aromatic rings. The predicted molar refractivity (Wildman–Crippen MR) is 114 cm³/mol. The van der Waals surface area contributed by atoms with Crippen LogP contribution in [0.15, 0.2) is 66.9 Å². The van der Waals surface area contributed by atoms with Gasteiger partial charge in [0.2, 0.25) is 0 Å². The second kappa shape index (κ2) is 9.01. The second-order valence-electron chi connectivity index (χ2n) is 6.85. The number of pyridine rings is 1. The van der Waals surface area contributed by atoms with Crippen LogP contribution in [0.2, 0.25) is 0 Å². The lowest BCUT2D eigenvalue weighted by Crippen LogP contribution is -2.12. The first-order valence-corrected chi connectivity index (χ1v) is 9.29. The van der Waals surface area contributed by atoms with Gasteiger partial charge in [0, 0.05) is 23.1 Å². The number of nitrogens with one attached hydrogen (secondary N) is 2. The normalized spacial score (nSPS) is 10.5. The molecule has 0 atom stereocenters. The number of nitrogens with zero attached hydrogens (tertiary/aromatic N) is 1. The molecular formula is C23H23N3O3. The Balaban J connectivity index is 1.68. The summed E-state index contributed by atoms with van der Waals surface area (Å²) in [5, 5.41) is 6.02. The highest BCUT2D eigenvalue weighted by Crippen LogP contribution is 2.20. The van der Waals surface area contributed by atoms with Gasteiger partial charge in [-0.3, -0.25) is 4.79 Å². The van der Waals surface area contributed by atoms with E-state index < -0.39 is 5.97 Å². The summed E-state index contributed by atoms with van der Waals surface area (Å²) in [6.45, 7) is 4.30. The molecule has 0 aliphatic heterocycles. The van der Waals surface area contributed by atoms with Crippen LogP contribution in [0.5, 0.6) is 0 Å². The Hall–Kier alpha value is -3.67. The molecule has 0 bridgehead atoms. The lowest BCUT2D eigenvalue weighted by Gasteiger charge is -2.10. The molecule has 0 saturated heterocycles. The van der Waals surface area contributed by atoms with E-state index in [0.29, 0.717) is 28.6 Å². The van der Waals surface area contributed by atoms with Gasteiger partial charge in [0.1, 0.15) is 5.82 Å². The third-order valence-electron chi connectivity index (χ3n) is 4.44. The fourth-order valence-corrected chi connectivity index (χ4v) is 2.75. The number of hydrogen-bond acceptors (Lipinski definition) is 5. The topological polar surface area (TPSA) is 80.3 Å². The summed E-state index contributed by atoms with van der Waals surface area (Å²) in [6, 6.07) is 18.0.